The average molecular weight is 360 g/mol. The molecule has 0 unspecified atom stereocenters. The van der Waals surface area contributed by atoms with Gasteiger partial charge in [-0.25, -0.2) is 0 Å². The standard InChI is InChI=1S/C17H15Cl2N5/c18-13-6-7-14(19)15(10-13)22-17-23-16(11-21-24-17)20-9-8-12-4-2-1-3-5-12/h1-7,10-11H,8-9H2,(H2,20,22,23,24). The molecule has 0 aliphatic heterocycles. The van der Waals surface area contributed by atoms with E-state index in [1.54, 1.807) is 24.4 Å². The molecule has 0 saturated carbocycles. The molecule has 0 fully saturated rings. The lowest BCUT2D eigenvalue weighted by atomic mass is 10.1. The molecule has 0 aliphatic rings. The molecule has 0 amide bonds. The predicted octanol–water partition coefficient (Wildman–Crippen LogP) is 4.58. The summed E-state index contributed by atoms with van der Waals surface area (Å²) >= 11 is 12.1. The molecule has 1 aromatic heterocycles. The third kappa shape index (κ3) is 4.57. The lowest BCUT2D eigenvalue weighted by Crippen LogP contribution is -2.08. The van der Waals surface area contributed by atoms with E-state index in [9.17, 15) is 0 Å². The van der Waals surface area contributed by atoms with E-state index in [4.69, 9.17) is 23.2 Å². The number of benzene rings is 2. The molecule has 0 aliphatic carbocycles. The van der Waals surface area contributed by atoms with Gasteiger partial charge in [-0.15, -0.1) is 5.10 Å². The summed E-state index contributed by atoms with van der Waals surface area (Å²) in [6.07, 6.45) is 2.48. The van der Waals surface area contributed by atoms with Gasteiger partial charge in [0.1, 0.15) is 0 Å². The van der Waals surface area contributed by atoms with Gasteiger partial charge >= 0.3 is 0 Å². The topological polar surface area (TPSA) is 62.7 Å². The Hall–Kier alpha value is -2.37. The van der Waals surface area contributed by atoms with Crippen molar-refractivity contribution in [2.75, 3.05) is 17.2 Å². The monoisotopic (exact) mass is 359 g/mol. The number of hydrogen-bond donors (Lipinski definition) is 2. The van der Waals surface area contributed by atoms with Gasteiger partial charge in [0.25, 0.3) is 0 Å². The number of aromatic nitrogens is 3. The Labute approximate surface area is 150 Å². The van der Waals surface area contributed by atoms with Crippen LogP contribution in [0.25, 0.3) is 0 Å². The van der Waals surface area contributed by atoms with Crippen LogP contribution in [0.5, 0.6) is 0 Å². The van der Waals surface area contributed by atoms with Gasteiger partial charge in [0.15, 0.2) is 5.82 Å². The second kappa shape index (κ2) is 7.95. The number of nitrogens with zero attached hydrogens (tertiary/aromatic N) is 3. The zero-order chi connectivity index (χ0) is 16.8. The molecule has 3 rings (SSSR count). The fourth-order valence-electron chi connectivity index (χ4n) is 2.14. The number of anilines is 3. The smallest absolute Gasteiger partial charge is 0.249 e. The maximum absolute atomic E-state index is 6.12. The molecule has 0 radical (unpaired) electrons. The zero-order valence-electron chi connectivity index (χ0n) is 12.7. The first-order valence-corrected chi connectivity index (χ1v) is 8.16. The van der Waals surface area contributed by atoms with Crippen molar-refractivity contribution < 1.29 is 0 Å². The highest BCUT2D eigenvalue weighted by Crippen LogP contribution is 2.27. The Bertz CT molecular complexity index is 811. The Morgan fingerprint density at radius 3 is 2.67 bits per heavy atom. The van der Waals surface area contributed by atoms with Gasteiger partial charge in [-0.1, -0.05) is 53.5 Å². The van der Waals surface area contributed by atoms with Crippen molar-refractivity contribution in [3.05, 3.63) is 70.3 Å². The molecular weight excluding hydrogens is 345 g/mol. The van der Waals surface area contributed by atoms with Crippen molar-refractivity contribution in [1.82, 2.24) is 15.2 Å². The lowest BCUT2D eigenvalue weighted by molar-refractivity contribution is 0.950. The van der Waals surface area contributed by atoms with Crippen molar-refractivity contribution in [3.63, 3.8) is 0 Å². The highest BCUT2D eigenvalue weighted by molar-refractivity contribution is 6.35. The summed E-state index contributed by atoms with van der Waals surface area (Å²) in [6, 6.07) is 15.4. The van der Waals surface area contributed by atoms with E-state index in [2.05, 4.69) is 37.9 Å². The van der Waals surface area contributed by atoms with Crippen LogP contribution in [0.1, 0.15) is 5.56 Å². The molecule has 122 valence electrons. The van der Waals surface area contributed by atoms with Crippen molar-refractivity contribution in [1.29, 1.82) is 0 Å². The van der Waals surface area contributed by atoms with Crippen LogP contribution in [-0.4, -0.2) is 21.7 Å². The van der Waals surface area contributed by atoms with Crippen LogP contribution >= 0.6 is 23.2 Å². The van der Waals surface area contributed by atoms with Gasteiger partial charge in [-0.05, 0) is 30.2 Å². The van der Waals surface area contributed by atoms with Crippen LogP contribution in [0.3, 0.4) is 0 Å². The van der Waals surface area contributed by atoms with Gasteiger partial charge in [0, 0.05) is 11.6 Å². The highest BCUT2D eigenvalue weighted by atomic mass is 35.5. The minimum Gasteiger partial charge on any atom is -0.368 e. The summed E-state index contributed by atoms with van der Waals surface area (Å²) in [5.41, 5.74) is 1.89. The maximum atomic E-state index is 6.12. The molecule has 2 N–H and O–H groups in total. The normalized spacial score (nSPS) is 10.4. The Morgan fingerprint density at radius 2 is 1.83 bits per heavy atom. The van der Waals surface area contributed by atoms with Gasteiger partial charge in [-0.2, -0.15) is 10.1 Å². The van der Waals surface area contributed by atoms with Crippen LogP contribution in [0.15, 0.2) is 54.7 Å². The molecule has 0 atom stereocenters. The molecule has 3 aromatic rings. The zero-order valence-corrected chi connectivity index (χ0v) is 14.2. The fourth-order valence-corrected chi connectivity index (χ4v) is 2.47. The van der Waals surface area contributed by atoms with Crippen molar-refractivity contribution in [3.8, 4) is 0 Å². The molecule has 0 spiro atoms. The number of hydrogen-bond acceptors (Lipinski definition) is 5. The van der Waals surface area contributed by atoms with E-state index >= 15 is 0 Å². The Morgan fingerprint density at radius 1 is 1.00 bits per heavy atom. The highest BCUT2D eigenvalue weighted by Gasteiger charge is 2.05. The molecular formula is C17H15Cl2N5. The van der Waals surface area contributed by atoms with Crippen molar-refractivity contribution in [2.45, 2.75) is 6.42 Å². The van der Waals surface area contributed by atoms with Crippen molar-refractivity contribution >= 4 is 40.7 Å². The second-order valence-corrected chi connectivity index (χ2v) is 5.92. The number of rotatable bonds is 6. The fraction of sp³-hybridized carbons (Fsp3) is 0.118. The third-order valence-electron chi connectivity index (χ3n) is 3.30. The molecule has 0 bridgehead atoms. The number of halogens is 2. The lowest BCUT2D eigenvalue weighted by Gasteiger charge is -2.09. The van der Waals surface area contributed by atoms with E-state index in [0.717, 1.165) is 13.0 Å². The summed E-state index contributed by atoms with van der Waals surface area (Å²) in [5, 5.41) is 15.3. The first-order chi connectivity index (χ1) is 11.7. The van der Waals surface area contributed by atoms with Gasteiger partial charge in [0.2, 0.25) is 5.95 Å². The quantitative estimate of drug-likeness (QED) is 0.674. The van der Waals surface area contributed by atoms with E-state index in [0.29, 0.717) is 27.5 Å². The molecule has 24 heavy (non-hydrogen) atoms. The third-order valence-corrected chi connectivity index (χ3v) is 3.86. The minimum atomic E-state index is 0.351. The van der Waals surface area contributed by atoms with Gasteiger partial charge < -0.3 is 10.6 Å². The molecule has 5 nitrogen and oxygen atoms in total. The molecule has 0 saturated heterocycles. The van der Waals surface area contributed by atoms with Crippen LogP contribution in [0.2, 0.25) is 10.0 Å². The first kappa shape index (κ1) is 16.5. The Kier molecular flexibility index (Phi) is 5.46. The Balaban J connectivity index is 1.62. The van der Waals surface area contributed by atoms with Crippen LogP contribution in [0.4, 0.5) is 17.5 Å². The average Bonchev–Trinajstić information content (AvgIpc) is 2.60. The minimum absolute atomic E-state index is 0.351. The summed E-state index contributed by atoms with van der Waals surface area (Å²) in [4.78, 5) is 4.37. The van der Waals surface area contributed by atoms with Crippen LogP contribution in [0, 0.1) is 0 Å². The molecule has 1 heterocycles. The van der Waals surface area contributed by atoms with Gasteiger partial charge in [-0.3, -0.25) is 0 Å². The van der Waals surface area contributed by atoms with Crippen LogP contribution < -0.4 is 10.6 Å². The van der Waals surface area contributed by atoms with E-state index in [1.807, 2.05) is 18.2 Å². The summed E-state index contributed by atoms with van der Waals surface area (Å²) in [5.74, 6) is 0.991. The van der Waals surface area contributed by atoms with E-state index < -0.39 is 0 Å². The molecule has 7 heteroatoms. The summed E-state index contributed by atoms with van der Waals surface area (Å²) in [7, 11) is 0. The van der Waals surface area contributed by atoms with E-state index in [-0.39, 0.29) is 0 Å². The predicted molar refractivity (Wildman–Crippen MR) is 98.2 cm³/mol. The van der Waals surface area contributed by atoms with Crippen LogP contribution in [-0.2, 0) is 6.42 Å². The molecule has 2 aromatic carbocycles. The van der Waals surface area contributed by atoms with Crippen molar-refractivity contribution in [2.24, 2.45) is 0 Å². The summed E-state index contributed by atoms with van der Waals surface area (Å²) < 4.78 is 0. The summed E-state index contributed by atoms with van der Waals surface area (Å²) in [6.45, 7) is 0.750. The largest absolute Gasteiger partial charge is 0.368 e. The van der Waals surface area contributed by atoms with Gasteiger partial charge in [0.05, 0.1) is 16.9 Å². The first-order valence-electron chi connectivity index (χ1n) is 7.40. The second-order valence-electron chi connectivity index (χ2n) is 5.08. The van der Waals surface area contributed by atoms with E-state index in [1.165, 1.54) is 5.56 Å². The SMILES string of the molecule is Clc1ccc(Cl)c(Nc2nncc(NCCc3ccccc3)n2)c1. The maximum Gasteiger partial charge on any atom is 0.249 e. The number of nitrogens with one attached hydrogen (secondary N) is 2.